The van der Waals surface area contributed by atoms with Crippen molar-refractivity contribution in [3.05, 3.63) is 34.7 Å². The molecule has 1 aromatic carbocycles. The summed E-state index contributed by atoms with van der Waals surface area (Å²) >= 11 is 0. The van der Waals surface area contributed by atoms with Gasteiger partial charge in [0.15, 0.2) is 0 Å². The quantitative estimate of drug-likeness (QED) is 0.580. The minimum Gasteiger partial charge on any atom is -0.469 e. The fourth-order valence-electron chi connectivity index (χ4n) is 1.62. The van der Waals surface area contributed by atoms with Gasteiger partial charge >= 0.3 is 5.97 Å². The SMILES string of the molecule is COC(=O)C(CC(C)=O)c1ccccc1N=O. The van der Waals surface area contributed by atoms with Crippen LogP contribution in [0.3, 0.4) is 0 Å². The molecule has 1 rings (SSSR count). The highest BCUT2D eigenvalue weighted by Crippen LogP contribution is 2.30. The Bertz CT molecular complexity index is 442. The first-order valence-corrected chi connectivity index (χ1v) is 5.09. The summed E-state index contributed by atoms with van der Waals surface area (Å²) < 4.78 is 4.63. The number of ketones is 1. The van der Waals surface area contributed by atoms with Gasteiger partial charge in [-0.3, -0.25) is 9.59 Å². The monoisotopic (exact) mass is 235 g/mol. The van der Waals surface area contributed by atoms with Gasteiger partial charge in [-0.1, -0.05) is 18.2 Å². The van der Waals surface area contributed by atoms with Gasteiger partial charge in [0, 0.05) is 6.42 Å². The first kappa shape index (κ1) is 13.0. The molecule has 0 aromatic heterocycles. The van der Waals surface area contributed by atoms with E-state index >= 15 is 0 Å². The number of rotatable bonds is 5. The second kappa shape index (κ2) is 5.89. The van der Waals surface area contributed by atoms with Crippen LogP contribution < -0.4 is 0 Å². The Morgan fingerprint density at radius 3 is 2.53 bits per heavy atom. The number of benzene rings is 1. The zero-order chi connectivity index (χ0) is 12.8. The minimum atomic E-state index is -0.772. The molecule has 0 aliphatic heterocycles. The molecular weight excluding hydrogens is 222 g/mol. The van der Waals surface area contributed by atoms with Crippen molar-refractivity contribution in [2.75, 3.05) is 7.11 Å². The molecule has 0 aliphatic carbocycles. The Morgan fingerprint density at radius 1 is 1.35 bits per heavy atom. The van der Waals surface area contributed by atoms with E-state index in [4.69, 9.17) is 0 Å². The molecular formula is C12H13NO4. The molecule has 0 saturated carbocycles. The predicted molar refractivity (Wildman–Crippen MR) is 62.0 cm³/mol. The summed E-state index contributed by atoms with van der Waals surface area (Å²) in [6.45, 7) is 1.38. The molecule has 17 heavy (non-hydrogen) atoms. The standard InChI is InChI=1S/C12H13NO4/c1-8(14)7-10(12(15)17-2)9-5-3-4-6-11(9)13-16/h3-6,10H,7H2,1-2H3. The molecule has 0 spiro atoms. The molecule has 0 saturated heterocycles. The highest BCUT2D eigenvalue weighted by molar-refractivity contribution is 5.87. The van der Waals surface area contributed by atoms with Crippen LogP contribution in [0.5, 0.6) is 0 Å². The lowest BCUT2D eigenvalue weighted by atomic mass is 9.93. The number of hydrogen-bond acceptors (Lipinski definition) is 5. The highest BCUT2D eigenvalue weighted by atomic mass is 16.5. The zero-order valence-corrected chi connectivity index (χ0v) is 9.67. The summed E-state index contributed by atoms with van der Waals surface area (Å²) in [4.78, 5) is 33.4. The lowest BCUT2D eigenvalue weighted by Gasteiger charge is -2.14. The third-order valence-corrected chi connectivity index (χ3v) is 2.39. The van der Waals surface area contributed by atoms with E-state index < -0.39 is 11.9 Å². The van der Waals surface area contributed by atoms with Crippen molar-refractivity contribution in [1.82, 2.24) is 0 Å². The number of ether oxygens (including phenoxy) is 1. The van der Waals surface area contributed by atoms with E-state index in [2.05, 4.69) is 9.91 Å². The summed E-state index contributed by atoms with van der Waals surface area (Å²) in [5.74, 6) is -1.47. The van der Waals surface area contributed by atoms with Crippen LogP contribution in [0.15, 0.2) is 29.4 Å². The van der Waals surface area contributed by atoms with Crippen LogP contribution in [0, 0.1) is 4.91 Å². The first-order chi connectivity index (χ1) is 8.10. The van der Waals surface area contributed by atoms with E-state index in [0.717, 1.165) is 0 Å². The van der Waals surface area contributed by atoms with Crippen molar-refractivity contribution in [2.24, 2.45) is 5.18 Å². The smallest absolute Gasteiger partial charge is 0.313 e. The van der Waals surface area contributed by atoms with Crippen LogP contribution in [0.1, 0.15) is 24.8 Å². The molecule has 0 aliphatic rings. The summed E-state index contributed by atoms with van der Waals surface area (Å²) in [7, 11) is 1.24. The predicted octanol–water partition coefficient (Wildman–Crippen LogP) is 2.32. The largest absolute Gasteiger partial charge is 0.469 e. The fraction of sp³-hybridized carbons (Fsp3) is 0.333. The third kappa shape index (κ3) is 3.21. The number of carbonyl (C=O) groups is 2. The number of Topliss-reactive ketones (excluding diaryl/α,β-unsaturated/α-hetero) is 1. The Balaban J connectivity index is 3.16. The van der Waals surface area contributed by atoms with E-state index in [0.29, 0.717) is 5.56 Å². The van der Waals surface area contributed by atoms with Crippen molar-refractivity contribution in [1.29, 1.82) is 0 Å². The topological polar surface area (TPSA) is 72.8 Å². The van der Waals surface area contributed by atoms with Crippen molar-refractivity contribution < 1.29 is 14.3 Å². The average Bonchev–Trinajstić information content (AvgIpc) is 2.34. The van der Waals surface area contributed by atoms with Gasteiger partial charge in [0.2, 0.25) is 0 Å². The molecule has 0 amide bonds. The van der Waals surface area contributed by atoms with Gasteiger partial charge in [0.25, 0.3) is 0 Å². The molecule has 0 bridgehead atoms. The van der Waals surface area contributed by atoms with E-state index in [9.17, 15) is 14.5 Å². The average molecular weight is 235 g/mol. The van der Waals surface area contributed by atoms with Gasteiger partial charge in [-0.05, 0) is 23.7 Å². The number of carbonyl (C=O) groups excluding carboxylic acids is 2. The molecule has 5 heteroatoms. The second-order valence-electron chi connectivity index (χ2n) is 3.63. The normalized spacial score (nSPS) is 11.6. The van der Waals surface area contributed by atoms with E-state index in [1.807, 2.05) is 0 Å². The van der Waals surface area contributed by atoms with Crippen LogP contribution in [0.25, 0.3) is 0 Å². The van der Waals surface area contributed by atoms with E-state index in [-0.39, 0.29) is 17.9 Å². The minimum absolute atomic E-state index is 0.000787. The zero-order valence-electron chi connectivity index (χ0n) is 9.67. The highest BCUT2D eigenvalue weighted by Gasteiger charge is 2.25. The molecule has 90 valence electrons. The fourth-order valence-corrected chi connectivity index (χ4v) is 1.62. The molecule has 1 atom stereocenters. The van der Waals surface area contributed by atoms with Gasteiger partial charge in [-0.2, -0.15) is 0 Å². The number of hydrogen-bond donors (Lipinski definition) is 0. The Morgan fingerprint density at radius 2 is 2.00 bits per heavy atom. The Hall–Kier alpha value is -2.04. The summed E-state index contributed by atoms with van der Waals surface area (Å²) in [5.41, 5.74) is 0.578. The lowest BCUT2D eigenvalue weighted by Crippen LogP contribution is -2.17. The van der Waals surface area contributed by atoms with Gasteiger partial charge in [-0.15, -0.1) is 4.91 Å². The second-order valence-corrected chi connectivity index (χ2v) is 3.63. The maximum absolute atomic E-state index is 11.6. The first-order valence-electron chi connectivity index (χ1n) is 5.09. The number of nitroso groups, excluding NO2 is 1. The van der Waals surface area contributed by atoms with Gasteiger partial charge in [0.05, 0.1) is 13.0 Å². The van der Waals surface area contributed by atoms with Crippen LogP contribution in [-0.4, -0.2) is 18.9 Å². The van der Waals surface area contributed by atoms with Crippen molar-refractivity contribution in [2.45, 2.75) is 19.3 Å². The molecule has 0 heterocycles. The maximum atomic E-state index is 11.6. The van der Waals surface area contributed by atoms with Crippen molar-refractivity contribution in [3.8, 4) is 0 Å². The van der Waals surface area contributed by atoms with Crippen molar-refractivity contribution in [3.63, 3.8) is 0 Å². The van der Waals surface area contributed by atoms with Gasteiger partial charge < -0.3 is 4.74 Å². The van der Waals surface area contributed by atoms with Crippen molar-refractivity contribution >= 4 is 17.4 Å². The van der Waals surface area contributed by atoms with Crippen LogP contribution in [0.2, 0.25) is 0 Å². The summed E-state index contributed by atoms with van der Waals surface area (Å²) in [6.07, 6.45) is -0.000787. The number of esters is 1. The van der Waals surface area contributed by atoms with E-state index in [1.54, 1.807) is 18.2 Å². The molecule has 0 N–H and O–H groups in total. The number of methoxy groups -OCH3 is 1. The van der Waals surface area contributed by atoms with E-state index in [1.165, 1.54) is 20.1 Å². The molecule has 5 nitrogen and oxygen atoms in total. The molecule has 1 unspecified atom stereocenters. The molecule has 1 aromatic rings. The molecule has 0 radical (unpaired) electrons. The third-order valence-electron chi connectivity index (χ3n) is 2.39. The lowest BCUT2D eigenvalue weighted by molar-refractivity contribution is -0.143. The number of nitrogens with zero attached hydrogens (tertiary/aromatic N) is 1. The van der Waals surface area contributed by atoms with Gasteiger partial charge in [-0.25, -0.2) is 0 Å². The Kier molecular flexibility index (Phi) is 4.51. The van der Waals surface area contributed by atoms with Crippen LogP contribution in [0.4, 0.5) is 5.69 Å². The molecule has 0 fully saturated rings. The Labute approximate surface area is 98.8 Å². The maximum Gasteiger partial charge on any atom is 0.313 e. The van der Waals surface area contributed by atoms with Crippen LogP contribution in [-0.2, 0) is 14.3 Å². The van der Waals surface area contributed by atoms with Gasteiger partial charge in [0.1, 0.15) is 11.5 Å². The summed E-state index contributed by atoms with van der Waals surface area (Å²) in [5, 5.41) is 2.85. The summed E-state index contributed by atoms with van der Waals surface area (Å²) in [6, 6.07) is 6.42. The van der Waals surface area contributed by atoms with Crippen LogP contribution >= 0.6 is 0 Å².